The van der Waals surface area contributed by atoms with Gasteiger partial charge in [-0.15, -0.1) is 0 Å². The summed E-state index contributed by atoms with van der Waals surface area (Å²) < 4.78 is 0. The molecule has 0 bridgehead atoms. The molecule has 1 aliphatic rings. The first-order chi connectivity index (χ1) is 7.11. The molecule has 0 aliphatic carbocycles. The zero-order chi connectivity index (χ0) is 11.3. The molecule has 1 fully saturated rings. The summed E-state index contributed by atoms with van der Waals surface area (Å²) in [6.45, 7) is 6.63. The van der Waals surface area contributed by atoms with Crippen LogP contribution >= 0.6 is 0 Å². The number of nitrogens with zero attached hydrogens (tertiary/aromatic N) is 1. The minimum Gasteiger partial charge on any atom is -0.352 e. The lowest BCUT2D eigenvalue weighted by atomic mass is 10.1. The van der Waals surface area contributed by atoms with E-state index in [4.69, 9.17) is 0 Å². The second kappa shape index (κ2) is 5.85. The van der Waals surface area contributed by atoms with E-state index in [1.807, 2.05) is 0 Å². The maximum absolute atomic E-state index is 11.4. The van der Waals surface area contributed by atoms with Gasteiger partial charge in [0.15, 0.2) is 0 Å². The van der Waals surface area contributed by atoms with Crippen LogP contribution in [0.15, 0.2) is 0 Å². The molecule has 1 atom stereocenters. The van der Waals surface area contributed by atoms with Crippen LogP contribution in [0.1, 0.15) is 33.1 Å². The zero-order valence-electron chi connectivity index (χ0n) is 9.58. The Labute approximate surface area is 91.0 Å². The van der Waals surface area contributed by atoms with Gasteiger partial charge in [-0.3, -0.25) is 9.59 Å². The van der Waals surface area contributed by atoms with Crippen molar-refractivity contribution in [1.82, 2.24) is 10.2 Å². The number of Topliss-reactive ketones (excluding diaryl/α,β-unsaturated/α-hetero) is 1. The van der Waals surface area contributed by atoms with Crippen LogP contribution in [0.25, 0.3) is 0 Å². The topological polar surface area (TPSA) is 49.4 Å². The third-order valence-corrected chi connectivity index (χ3v) is 2.73. The fourth-order valence-electron chi connectivity index (χ4n) is 1.97. The number of nitrogens with one attached hydrogen (secondary N) is 1. The van der Waals surface area contributed by atoms with E-state index in [2.05, 4.69) is 17.1 Å². The molecule has 0 aromatic carbocycles. The van der Waals surface area contributed by atoms with E-state index >= 15 is 0 Å². The fraction of sp³-hybridized carbons (Fsp3) is 0.818. The van der Waals surface area contributed by atoms with Crippen LogP contribution in [0.5, 0.6) is 0 Å². The van der Waals surface area contributed by atoms with Gasteiger partial charge in [0.25, 0.3) is 0 Å². The van der Waals surface area contributed by atoms with Crippen LogP contribution in [-0.4, -0.2) is 42.3 Å². The number of rotatable bonds is 4. The largest absolute Gasteiger partial charge is 0.352 e. The molecular formula is C11H20N2O2. The van der Waals surface area contributed by atoms with Crippen LogP contribution in [-0.2, 0) is 9.59 Å². The number of likely N-dealkylation sites (N-methyl/N-ethyl adjacent to an activating group) is 1. The van der Waals surface area contributed by atoms with E-state index in [9.17, 15) is 9.59 Å². The number of amides is 1. The van der Waals surface area contributed by atoms with Crippen molar-refractivity contribution in [2.45, 2.75) is 39.2 Å². The molecule has 0 saturated carbocycles. The molecule has 0 aromatic heterocycles. The Morgan fingerprint density at radius 2 is 2.20 bits per heavy atom. The lowest BCUT2D eigenvalue weighted by Crippen LogP contribution is -2.47. The fourth-order valence-corrected chi connectivity index (χ4v) is 1.97. The van der Waals surface area contributed by atoms with E-state index in [-0.39, 0.29) is 24.2 Å². The highest BCUT2D eigenvalue weighted by atomic mass is 16.2. The molecule has 86 valence electrons. The summed E-state index contributed by atoms with van der Waals surface area (Å²) in [5.41, 5.74) is 0. The molecule has 4 nitrogen and oxygen atoms in total. The van der Waals surface area contributed by atoms with Crippen molar-refractivity contribution < 1.29 is 9.59 Å². The molecule has 1 heterocycles. The number of carbonyl (C=O) groups is 2. The van der Waals surface area contributed by atoms with Gasteiger partial charge in [0.2, 0.25) is 5.91 Å². The Bertz CT molecular complexity index is 241. The van der Waals surface area contributed by atoms with Gasteiger partial charge in [0.05, 0.1) is 6.42 Å². The smallest absolute Gasteiger partial charge is 0.227 e. The molecule has 4 heteroatoms. The van der Waals surface area contributed by atoms with Crippen LogP contribution in [0.2, 0.25) is 0 Å². The normalized spacial score (nSPS) is 22.4. The minimum absolute atomic E-state index is 0.0165. The zero-order valence-corrected chi connectivity index (χ0v) is 9.58. The summed E-state index contributed by atoms with van der Waals surface area (Å²) in [6.07, 6.45) is 2.17. The van der Waals surface area contributed by atoms with E-state index in [0.29, 0.717) is 0 Å². The summed E-state index contributed by atoms with van der Waals surface area (Å²) in [4.78, 5) is 24.4. The van der Waals surface area contributed by atoms with Gasteiger partial charge in [0, 0.05) is 12.6 Å². The van der Waals surface area contributed by atoms with Crippen molar-refractivity contribution in [2.24, 2.45) is 0 Å². The number of piperidine rings is 1. The minimum atomic E-state index is -0.134. The summed E-state index contributed by atoms with van der Waals surface area (Å²) in [5, 5.41) is 2.91. The van der Waals surface area contributed by atoms with Crippen molar-refractivity contribution >= 4 is 11.7 Å². The average Bonchev–Trinajstić information content (AvgIpc) is 2.16. The first kappa shape index (κ1) is 12.2. The molecule has 0 radical (unpaired) electrons. The first-order valence-electron chi connectivity index (χ1n) is 5.63. The van der Waals surface area contributed by atoms with Crippen molar-refractivity contribution in [3.8, 4) is 0 Å². The van der Waals surface area contributed by atoms with E-state index in [1.165, 1.54) is 6.92 Å². The van der Waals surface area contributed by atoms with E-state index < -0.39 is 0 Å². The Morgan fingerprint density at radius 1 is 1.47 bits per heavy atom. The molecule has 0 aromatic rings. The van der Waals surface area contributed by atoms with Crippen molar-refractivity contribution in [2.75, 3.05) is 19.6 Å². The standard InChI is InChI=1S/C11H20N2O2/c1-3-13-6-4-5-10(8-13)12-11(15)7-9(2)14/h10H,3-8H2,1-2H3,(H,12,15). The van der Waals surface area contributed by atoms with Crippen LogP contribution in [0, 0.1) is 0 Å². The van der Waals surface area contributed by atoms with Gasteiger partial charge in [-0.25, -0.2) is 0 Å². The molecular weight excluding hydrogens is 192 g/mol. The molecule has 1 rings (SSSR count). The van der Waals surface area contributed by atoms with Crippen molar-refractivity contribution in [3.05, 3.63) is 0 Å². The molecule has 1 aliphatic heterocycles. The van der Waals surface area contributed by atoms with Crippen molar-refractivity contribution in [3.63, 3.8) is 0 Å². The molecule has 1 unspecified atom stereocenters. The number of ketones is 1. The predicted molar refractivity (Wildman–Crippen MR) is 58.6 cm³/mol. The van der Waals surface area contributed by atoms with Gasteiger partial charge >= 0.3 is 0 Å². The maximum Gasteiger partial charge on any atom is 0.227 e. The Morgan fingerprint density at radius 3 is 2.80 bits per heavy atom. The van der Waals surface area contributed by atoms with Gasteiger partial charge < -0.3 is 10.2 Å². The summed E-state index contributed by atoms with van der Waals surface area (Å²) >= 11 is 0. The predicted octanol–water partition coefficient (Wildman–Crippen LogP) is 0.566. The second-order valence-electron chi connectivity index (χ2n) is 4.18. The number of likely N-dealkylation sites (tertiary alicyclic amines) is 1. The van der Waals surface area contributed by atoms with Crippen LogP contribution < -0.4 is 5.32 Å². The molecule has 1 saturated heterocycles. The Hall–Kier alpha value is -0.900. The highest BCUT2D eigenvalue weighted by molar-refractivity contribution is 5.96. The Kier molecular flexibility index (Phi) is 4.75. The van der Waals surface area contributed by atoms with Gasteiger partial charge in [-0.2, -0.15) is 0 Å². The van der Waals surface area contributed by atoms with Crippen LogP contribution in [0.4, 0.5) is 0 Å². The summed E-state index contributed by atoms with van der Waals surface area (Å²) in [5.74, 6) is -0.207. The number of hydrogen-bond donors (Lipinski definition) is 1. The third kappa shape index (κ3) is 4.42. The number of hydrogen-bond acceptors (Lipinski definition) is 3. The highest BCUT2D eigenvalue weighted by Gasteiger charge is 2.20. The summed E-state index contributed by atoms with van der Waals surface area (Å²) in [6, 6.07) is 0.227. The molecule has 0 spiro atoms. The molecule has 15 heavy (non-hydrogen) atoms. The second-order valence-corrected chi connectivity index (χ2v) is 4.18. The average molecular weight is 212 g/mol. The molecule has 1 amide bonds. The van der Waals surface area contributed by atoms with Gasteiger partial charge in [0.1, 0.15) is 5.78 Å². The first-order valence-corrected chi connectivity index (χ1v) is 5.63. The van der Waals surface area contributed by atoms with Crippen molar-refractivity contribution in [1.29, 1.82) is 0 Å². The van der Waals surface area contributed by atoms with E-state index in [1.54, 1.807) is 0 Å². The molecule has 1 N–H and O–H groups in total. The monoisotopic (exact) mass is 212 g/mol. The SMILES string of the molecule is CCN1CCCC(NC(=O)CC(C)=O)C1. The van der Waals surface area contributed by atoms with E-state index in [0.717, 1.165) is 32.5 Å². The van der Waals surface area contributed by atoms with Gasteiger partial charge in [-0.1, -0.05) is 6.92 Å². The maximum atomic E-state index is 11.4. The lowest BCUT2D eigenvalue weighted by Gasteiger charge is -2.32. The lowest BCUT2D eigenvalue weighted by molar-refractivity contribution is -0.127. The quantitative estimate of drug-likeness (QED) is 0.693. The highest BCUT2D eigenvalue weighted by Crippen LogP contribution is 2.09. The summed E-state index contributed by atoms with van der Waals surface area (Å²) in [7, 11) is 0. The van der Waals surface area contributed by atoms with Crippen LogP contribution in [0.3, 0.4) is 0 Å². The Balaban J connectivity index is 2.31. The number of carbonyl (C=O) groups excluding carboxylic acids is 2. The van der Waals surface area contributed by atoms with Gasteiger partial charge in [-0.05, 0) is 32.9 Å². The third-order valence-electron chi connectivity index (χ3n) is 2.73.